The van der Waals surface area contributed by atoms with Gasteiger partial charge in [0, 0.05) is 12.3 Å². The molecule has 15 heavy (non-hydrogen) atoms. The average Bonchev–Trinajstić information content (AvgIpc) is 2.70. The maximum absolute atomic E-state index is 11.2. The van der Waals surface area contributed by atoms with E-state index in [-0.39, 0.29) is 0 Å². The number of nitrogens with two attached hydrogens (primary N) is 2. The van der Waals surface area contributed by atoms with Gasteiger partial charge in [-0.1, -0.05) is 0 Å². The second kappa shape index (κ2) is 5.48. The fourth-order valence-electron chi connectivity index (χ4n) is 1.46. The standard InChI is InChI=1S/C9H17N3O2S/c10-4-2-1-3-9(11,8(13)14)7-12-5-6-15-7/h1-6,10-11H2,(H,13,14)/t9-/m1/s1. The zero-order chi connectivity index (χ0) is 11.3. The molecule has 1 rings (SSSR count). The molecule has 0 aromatic carbocycles. The molecule has 0 saturated heterocycles. The molecule has 0 aromatic rings. The Labute approximate surface area is 93.3 Å². The van der Waals surface area contributed by atoms with Gasteiger partial charge in [-0.05, 0) is 25.8 Å². The number of rotatable bonds is 6. The van der Waals surface area contributed by atoms with Crippen LogP contribution in [0.1, 0.15) is 19.3 Å². The molecule has 5 N–H and O–H groups in total. The molecule has 0 aliphatic carbocycles. The largest absolute Gasteiger partial charge is 0.480 e. The van der Waals surface area contributed by atoms with Gasteiger partial charge in [0.1, 0.15) is 0 Å². The van der Waals surface area contributed by atoms with E-state index in [9.17, 15) is 4.79 Å². The van der Waals surface area contributed by atoms with Gasteiger partial charge in [0.15, 0.2) is 5.54 Å². The van der Waals surface area contributed by atoms with Crippen molar-refractivity contribution in [3.8, 4) is 0 Å². The SMILES string of the molecule is NCCCC[C@](N)(C(=O)O)C1=NCCS1. The first-order chi connectivity index (χ1) is 7.11. The highest BCUT2D eigenvalue weighted by atomic mass is 32.2. The van der Waals surface area contributed by atoms with Crippen molar-refractivity contribution in [2.24, 2.45) is 16.5 Å². The summed E-state index contributed by atoms with van der Waals surface area (Å²) in [5.41, 5.74) is 9.96. The van der Waals surface area contributed by atoms with Crippen LogP contribution in [0.3, 0.4) is 0 Å². The molecule has 0 radical (unpaired) electrons. The predicted octanol–water partition coefficient (Wildman–Crippen LogP) is 0.0428. The minimum Gasteiger partial charge on any atom is -0.480 e. The van der Waals surface area contributed by atoms with E-state index in [1.807, 2.05) is 0 Å². The van der Waals surface area contributed by atoms with Crippen molar-refractivity contribution in [2.45, 2.75) is 24.8 Å². The minimum absolute atomic E-state index is 0.408. The van der Waals surface area contributed by atoms with E-state index in [0.717, 1.165) is 18.6 Å². The molecule has 0 fully saturated rings. The number of carboxylic acids is 1. The summed E-state index contributed by atoms with van der Waals surface area (Å²) in [7, 11) is 0. The summed E-state index contributed by atoms with van der Waals surface area (Å²) in [6.07, 6.45) is 1.93. The summed E-state index contributed by atoms with van der Waals surface area (Å²) in [5.74, 6) is -0.161. The number of thioether (sulfide) groups is 1. The van der Waals surface area contributed by atoms with Crippen LogP contribution in [-0.4, -0.2) is 40.5 Å². The highest BCUT2D eigenvalue weighted by Gasteiger charge is 2.40. The van der Waals surface area contributed by atoms with Crippen molar-refractivity contribution in [1.29, 1.82) is 0 Å². The fourth-order valence-corrected chi connectivity index (χ4v) is 2.46. The number of aliphatic carboxylic acids is 1. The number of carbonyl (C=O) groups is 1. The van der Waals surface area contributed by atoms with Crippen molar-refractivity contribution in [2.75, 3.05) is 18.8 Å². The maximum Gasteiger partial charge on any atom is 0.330 e. The average molecular weight is 231 g/mol. The van der Waals surface area contributed by atoms with E-state index in [2.05, 4.69) is 4.99 Å². The molecule has 0 aromatic heterocycles. The predicted molar refractivity (Wildman–Crippen MR) is 62.2 cm³/mol. The number of aliphatic imine (C=N–C) groups is 1. The van der Waals surface area contributed by atoms with Gasteiger partial charge in [-0.3, -0.25) is 4.99 Å². The van der Waals surface area contributed by atoms with Crippen molar-refractivity contribution in [3.05, 3.63) is 0 Å². The van der Waals surface area contributed by atoms with Crippen LogP contribution >= 0.6 is 11.8 Å². The summed E-state index contributed by atoms with van der Waals surface area (Å²) in [5, 5.41) is 9.70. The maximum atomic E-state index is 11.2. The van der Waals surface area contributed by atoms with Crippen LogP contribution in [0.25, 0.3) is 0 Å². The molecule has 0 saturated carbocycles. The smallest absolute Gasteiger partial charge is 0.330 e. The highest BCUT2D eigenvalue weighted by molar-refractivity contribution is 8.14. The Hall–Kier alpha value is -0.590. The summed E-state index contributed by atoms with van der Waals surface area (Å²) in [6.45, 7) is 1.23. The van der Waals surface area contributed by atoms with Gasteiger partial charge >= 0.3 is 5.97 Å². The molecule has 86 valence electrons. The molecule has 6 heteroatoms. The molecular formula is C9H17N3O2S. The summed E-state index contributed by atoms with van der Waals surface area (Å²) >= 11 is 1.45. The van der Waals surface area contributed by atoms with E-state index in [1.54, 1.807) is 0 Å². The fraction of sp³-hybridized carbons (Fsp3) is 0.778. The second-order valence-corrected chi connectivity index (χ2v) is 4.64. The summed E-state index contributed by atoms with van der Waals surface area (Å²) in [6, 6.07) is 0. The lowest BCUT2D eigenvalue weighted by Crippen LogP contribution is -2.53. The van der Waals surface area contributed by atoms with E-state index in [0.29, 0.717) is 24.6 Å². The van der Waals surface area contributed by atoms with Gasteiger partial charge < -0.3 is 16.6 Å². The summed E-state index contributed by atoms with van der Waals surface area (Å²) < 4.78 is 0. The third-order valence-electron chi connectivity index (χ3n) is 2.37. The lowest BCUT2D eigenvalue weighted by molar-refractivity contribution is -0.140. The van der Waals surface area contributed by atoms with Crippen LogP contribution in [0.4, 0.5) is 0 Å². The third-order valence-corrected chi connectivity index (χ3v) is 3.53. The van der Waals surface area contributed by atoms with Crippen LogP contribution < -0.4 is 11.5 Å². The van der Waals surface area contributed by atoms with E-state index in [4.69, 9.17) is 16.6 Å². The van der Waals surface area contributed by atoms with Gasteiger partial charge in [-0.2, -0.15) is 0 Å². The number of nitrogens with zero attached hydrogens (tertiary/aromatic N) is 1. The van der Waals surface area contributed by atoms with Gasteiger partial charge in [-0.25, -0.2) is 4.79 Å². The Morgan fingerprint density at radius 2 is 2.33 bits per heavy atom. The first-order valence-electron chi connectivity index (χ1n) is 5.01. The molecule has 1 atom stereocenters. The van der Waals surface area contributed by atoms with Gasteiger partial charge in [0.2, 0.25) is 0 Å². The van der Waals surface area contributed by atoms with Crippen molar-refractivity contribution in [3.63, 3.8) is 0 Å². The minimum atomic E-state index is -1.30. The molecule has 1 aliphatic heterocycles. The van der Waals surface area contributed by atoms with Gasteiger partial charge in [0.25, 0.3) is 0 Å². The lowest BCUT2D eigenvalue weighted by atomic mass is 9.95. The zero-order valence-electron chi connectivity index (χ0n) is 8.61. The Morgan fingerprint density at radius 1 is 1.60 bits per heavy atom. The number of hydrogen-bond acceptors (Lipinski definition) is 5. The quantitative estimate of drug-likeness (QED) is 0.560. The first-order valence-corrected chi connectivity index (χ1v) is 6.00. The van der Waals surface area contributed by atoms with Gasteiger partial charge in [0.05, 0.1) is 5.04 Å². The van der Waals surface area contributed by atoms with Crippen molar-refractivity contribution >= 4 is 22.8 Å². The van der Waals surface area contributed by atoms with Crippen molar-refractivity contribution < 1.29 is 9.90 Å². The van der Waals surface area contributed by atoms with Crippen LogP contribution in [0.15, 0.2) is 4.99 Å². The molecule has 0 spiro atoms. The van der Waals surface area contributed by atoms with Crippen LogP contribution in [0.2, 0.25) is 0 Å². The Morgan fingerprint density at radius 3 is 2.80 bits per heavy atom. The Kier molecular flexibility index (Phi) is 4.56. The van der Waals surface area contributed by atoms with E-state index < -0.39 is 11.5 Å². The second-order valence-electron chi connectivity index (χ2n) is 3.56. The third kappa shape index (κ3) is 2.93. The number of hydrogen-bond donors (Lipinski definition) is 3. The monoisotopic (exact) mass is 231 g/mol. The molecule has 1 aliphatic rings. The van der Waals surface area contributed by atoms with Crippen LogP contribution in [0, 0.1) is 0 Å². The summed E-state index contributed by atoms with van der Waals surface area (Å²) in [4.78, 5) is 15.3. The Balaban J connectivity index is 2.65. The number of carboxylic acid groups (broad SMARTS) is 1. The molecular weight excluding hydrogens is 214 g/mol. The molecule has 0 bridgehead atoms. The zero-order valence-corrected chi connectivity index (χ0v) is 9.42. The topological polar surface area (TPSA) is 102 Å². The highest BCUT2D eigenvalue weighted by Crippen LogP contribution is 2.25. The van der Waals surface area contributed by atoms with Crippen molar-refractivity contribution in [1.82, 2.24) is 0 Å². The van der Waals surface area contributed by atoms with E-state index in [1.165, 1.54) is 11.8 Å². The van der Waals surface area contributed by atoms with E-state index >= 15 is 0 Å². The van der Waals surface area contributed by atoms with Crippen LogP contribution in [0.5, 0.6) is 0 Å². The van der Waals surface area contributed by atoms with Gasteiger partial charge in [-0.15, -0.1) is 11.8 Å². The Bertz CT molecular complexity index is 270. The normalized spacial score (nSPS) is 19.7. The first kappa shape index (κ1) is 12.5. The van der Waals surface area contributed by atoms with Crippen LogP contribution in [-0.2, 0) is 4.79 Å². The molecule has 5 nitrogen and oxygen atoms in total. The lowest BCUT2D eigenvalue weighted by Gasteiger charge is -2.24. The molecule has 0 unspecified atom stereocenters. The molecule has 0 amide bonds. The number of unbranched alkanes of at least 4 members (excludes halogenated alkanes) is 1. The molecule has 1 heterocycles.